The van der Waals surface area contributed by atoms with Gasteiger partial charge in [0.15, 0.2) is 5.96 Å². The normalized spacial score (nSPS) is 15.1. The Kier molecular flexibility index (Phi) is 11.1. The summed E-state index contributed by atoms with van der Waals surface area (Å²) in [6, 6.07) is 6.04. The quantitative estimate of drug-likeness (QED) is 0.266. The lowest BCUT2D eigenvalue weighted by molar-refractivity contribution is -0.121. The van der Waals surface area contributed by atoms with E-state index in [1.165, 1.54) is 12.1 Å². The molecule has 2 N–H and O–H groups in total. The van der Waals surface area contributed by atoms with E-state index >= 15 is 0 Å². The van der Waals surface area contributed by atoms with Crippen molar-refractivity contribution in [1.82, 2.24) is 15.5 Å². The van der Waals surface area contributed by atoms with Gasteiger partial charge in [0.25, 0.3) is 0 Å². The highest BCUT2D eigenvalue weighted by Gasteiger charge is 2.22. The molecule has 8 heteroatoms. The van der Waals surface area contributed by atoms with Crippen LogP contribution in [-0.2, 0) is 4.79 Å². The number of carbonyl (C=O) groups excluding carboxylic acids is 1. The molecule has 2 rings (SSSR count). The van der Waals surface area contributed by atoms with Crippen molar-refractivity contribution in [3.63, 3.8) is 0 Å². The second kappa shape index (κ2) is 12.7. The Balaban J connectivity index is 0.00000364. The Bertz CT molecular complexity index is 590. The second-order valence-corrected chi connectivity index (χ2v) is 6.44. The predicted molar refractivity (Wildman–Crippen MR) is 116 cm³/mol. The highest BCUT2D eigenvalue weighted by Crippen LogP contribution is 2.20. The number of piperidine rings is 1. The highest BCUT2D eigenvalue weighted by molar-refractivity contribution is 14.0. The van der Waals surface area contributed by atoms with Crippen LogP contribution in [0.25, 0.3) is 0 Å². The molecule has 0 aromatic heterocycles. The number of rotatable bonds is 7. The van der Waals surface area contributed by atoms with Gasteiger partial charge in [-0.05, 0) is 49.4 Å². The van der Waals surface area contributed by atoms with Crippen LogP contribution in [0.5, 0.6) is 5.75 Å². The average molecular weight is 492 g/mol. The van der Waals surface area contributed by atoms with E-state index < -0.39 is 0 Å². The zero-order valence-corrected chi connectivity index (χ0v) is 18.4. The molecule has 27 heavy (non-hydrogen) atoms. The van der Waals surface area contributed by atoms with E-state index in [1.807, 2.05) is 0 Å². The monoisotopic (exact) mass is 492 g/mol. The fourth-order valence-corrected chi connectivity index (χ4v) is 3.04. The van der Waals surface area contributed by atoms with Gasteiger partial charge in [0.1, 0.15) is 11.6 Å². The number of aliphatic imine (C=N–C) groups is 1. The van der Waals surface area contributed by atoms with Crippen LogP contribution >= 0.6 is 24.0 Å². The number of ether oxygens (including phenoxy) is 1. The van der Waals surface area contributed by atoms with Gasteiger partial charge in [-0.25, -0.2) is 4.39 Å². The Morgan fingerprint density at radius 3 is 2.56 bits per heavy atom. The van der Waals surface area contributed by atoms with Crippen LogP contribution in [0.4, 0.5) is 4.39 Å². The first-order valence-corrected chi connectivity index (χ1v) is 9.17. The summed E-state index contributed by atoms with van der Waals surface area (Å²) in [6.07, 6.45) is 3.43. The molecule has 0 spiro atoms. The van der Waals surface area contributed by atoms with E-state index in [9.17, 15) is 9.18 Å². The number of carbonyl (C=O) groups is 1. The largest absolute Gasteiger partial charge is 0.494 e. The molecule has 0 bridgehead atoms. The minimum absolute atomic E-state index is 0. The molecule has 1 aliphatic rings. The zero-order chi connectivity index (χ0) is 18.8. The molecule has 1 aliphatic heterocycles. The third-order valence-corrected chi connectivity index (χ3v) is 4.57. The van der Waals surface area contributed by atoms with Crippen molar-refractivity contribution in [2.24, 2.45) is 10.9 Å². The maximum atomic E-state index is 12.8. The number of nitrogens with zero attached hydrogens (tertiary/aromatic N) is 2. The molecular weight excluding hydrogens is 462 g/mol. The summed E-state index contributed by atoms with van der Waals surface area (Å²) < 4.78 is 18.4. The minimum Gasteiger partial charge on any atom is -0.494 e. The zero-order valence-electron chi connectivity index (χ0n) is 16.0. The van der Waals surface area contributed by atoms with Gasteiger partial charge in [-0.15, -0.1) is 24.0 Å². The van der Waals surface area contributed by atoms with Crippen LogP contribution in [0, 0.1) is 11.7 Å². The van der Waals surface area contributed by atoms with Gasteiger partial charge < -0.3 is 20.3 Å². The molecule has 1 saturated heterocycles. The van der Waals surface area contributed by atoms with Crippen LogP contribution in [0.3, 0.4) is 0 Å². The fraction of sp³-hybridized carbons (Fsp3) is 0.579. The van der Waals surface area contributed by atoms with Crippen molar-refractivity contribution in [1.29, 1.82) is 0 Å². The molecule has 152 valence electrons. The smallest absolute Gasteiger partial charge is 0.220 e. The molecule has 1 heterocycles. The molecule has 1 amide bonds. The van der Waals surface area contributed by atoms with E-state index in [2.05, 4.69) is 20.5 Å². The first-order chi connectivity index (χ1) is 12.6. The van der Waals surface area contributed by atoms with Crippen molar-refractivity contribution in [3.05, 3.63) is 30.1 Å². The summed E-state index contributed by atoms with van der Waals surface area (Å²) in [4.78, 5) is 18.1. The molecule has 0 saturated carbocycles. The Morgan fingerprint density at radius 1 is 1.30 bits per heavy atom. The Morgan fingerprint density at radius 2 is 1.96 bits per heavy atom. The molecule has 0 atom stereocenters. The van der Waals surface area contributed by atoms with Crippen molar-refractivity contribution in [3.8, 4) is 5.75 Å². The highest BCUT2D eigenvalue weighted by atomic mass is 127. The van der Waals surface area contributed by atoms with Gasteiger partial charge in [-0.2, -0.15) is 0 Å². The summed E-state index contributed by atoms with van der Waals surface area (Å²) in [5.74, 6) is 1.88. The first kappa shape index (κ1) is 23.5. The number of hydrogen-bond donors (Lipinski definition) is 2. The maximum Gasteiger partial charge on any atom is 0.220 e. The number of likely N-dealkylation sites (tertiary alicyclic amines) is 1. The van der Waals surface area contributed by atoms with Gasteiger partial charge >= 0.3 is 0 Å². The predicted octanol–water partition coefficient (Wildman–Crippen LogP) is 2.64. The number of amides is 1. The summed E-state index contributed by atoms with van der Waals surface area (Å²) in [5, 5.41) is 6.05. The molecular formula is C19H30FIN4O2. The Labute approximate surface area is 178 Å². The van der Waals surface area contributed by atoms with E-state index in [0.29, 0.717) is 24.7 Å². The second-order valence-electron chi connectivity index (χ2n) is 6.44. The van der Waals surface area contributed by atoms with Crippen molar-refractivity contribution < 1.29 is 13.9 Å². The number of guanidine groups is 1. The average Bonchev–Trinajstić information content (AvgIpc) is 2.67. The van der Waals surface area contributed by atoms with E-state index in [-0.39, 0.29) is 35.7 Å². The maximum absolute atomic E-state index is 12.8. The standard InChI is InChI=1S/C19H29FN4O2.HI/c1-21-18(25)14-15-8-11-24(12-9-15)19(22-2)23-10-3-13-26-17-6-4-16(20)5-7-17;/h4-7,15H,3,8-14H2,1-2H3,(H,21,25)(H,22,23);1H. The number of halogens is 2. The molecule has 1 aromatic carbocycles. The summed E-state index contributed by atoms with van der Waals surface area (Å²) in [7, 11) is 3.47. The van der Waals surface area contributed by atoms with Gasteiger partial charge in [0, 0.05) is 40.2 Å². The van der Waals surface area contributed by atoms with Crippen LogP contribution in [0.2, 0.25) is 0 Å². The third kappa shape index (κ3) is 8.32. The SMILES string of the molecule is CN=C(NCCCOc1ccc(F)cc1)N1CCC(CC(=O)NC)CC1.I. The van der Waals surface area contributed by atoms with Gasteiger partial charge in [-0.3, -0.25) is 9.79 Å². The third-order valence-electron chi connectivity index (χ3n) is 4.57. The summed E-state index contributed by atoms with van der Waals surface area (Å²) >= 11 is 0. The van der Waals surface area contributed by atoms with Gasteiger partial charge in [-0.1, -0.05) is 0 Å². The van der Waals surface area contributed by atoms with Crippen molar-refractivity contribution >= 4 is 35.8 Å². The number of nitrogens with one attached hydrogen (secondary N) is 2. The lowest BCUT2D eigenvalue weighted by atomic mass is 9.93. The first-order valence-electron chi connectivity index (χ1n) is 9.17. The molecule has 0 radical (unpaired) electrons. The number of hydrogen-bond acceptors (Lipinski definition) is 3. The molecule has 0 unspecified atom stereocenters. The van der Waals surface area contributed by atoms with Gasteiger partial charge in [0.05, 0.1) is 6.61 Å². The topological polar surface area (TPSA) is 66.0 Å². The summed E-state index contributed by atoms with van der Waals surface area (Å²) in [6.45, 7) is 3.14. The fourth-order valence-electron chi connectivity index (χ4n) is 3.04. The molecule has 0 aliphatic carbocycles. The number of benzene rings is 1. The van der Waals surface area contributed by atoms with E-state index in [4.69, 9.17) is 4.74 Å². The van der Waals surface area contributed by atoms with Crippen LogP contribution in [0.1, 0.15) is 25.7 Å². The lowest BCUT2D eigenvalue weighted by Gasteiger charge is -2.34. The van der Waals surface area contributed by atoms with Crippen LogP contribution < -0.4 is 15.4 Å². The van der Waals surface area contributed by atoms with E-state index in [0.717, 1.165) is 44.9 Å². The van der Waals surface area contributed by atoms with Crippen molar-refractivity contribution in [2.45, 2.75) is 25.7 Å². The van der Waals surface area contributed by atoms with Crippen LogP contribution in [-0.4, -0.2) is 57.1 Å². The van der Waals surface area contributed by atoms with Crippen LogP contribution in [0.15, 0.2) is 29.3 Å². The Hall–Kier alpha value is -1.58. The minimum atomic E-state index is -0.262. The summed E-state index contributed by atoms with van der Waals surface area (Å²) in [5.41, 5.74) is 0. The molecule has 1 fully saturated rings. The lowest BCUT2D eigenvalue weighted by Crippen LogP contribution is -2.46. The van der Waals surface area contributed by atoms with E-state index in [1.54, 1.807) is 26.2 Å². The molecule has 1 aromatic rings. The van der Waals surface area contributed by atoms with Crippen molar-refractivity contribution in [2.75, 3.05) is 40.3 Å². The molecule has 6 nitrogen and oxygen atoms in total. The van der Waals surface area contributed by atoms with Gasteiger partial charge in [0.2, 0.25) is 5.91 Å².